The fourth-order valence-electron chi connectivity index (χ4n) is 3.17. The van der Waals surface area contributed by atoms with E-state index in [1.807, 2.05) is 6.07 Å². The molecule has 0 aliphatic heterocycles. The average molecular weight is 287 g/mol. The van der Waals surface area contributed by atoms with E-state index in [4.69, 9.17) is 9.47 Å². The van der Waals surface area contributed by atoms with Crippen molar-refractivity contribution in [3.05, 3.63) is 30.0 Å². The van der Waals surface area contributed by atoms with Crippen LogP contribution < -0.4 is 14.8 Å². The van der Waals surface area contributed by atoms with Crippen molar-refractivity contribution in [3.63, 3.8) is 0 Å². The van der Waals surface area contributed by atoms with Gasteiger partial charge in [-0.3, -0.25) is 0 Å². The maximum Gasteiger partial charge on any atom is 0.163 e. The Morgan fingerprint density at radius 1 is 1.05 bits per heavy atom. The first kappa shape index (κ1) is 14.3. The Morgan fingerprint density at radius 2 is 1.90 bits per heavy atom. The van der Waals surface area contributed by atoms with Gasteiger partial charge in [0.1, 0.15) is 0 Å². The fourth-order valence-corrected chi connectivity index (χ4v) is 3.17. The lowest BCUT2D eigenvalue weighted by molar-refractivity contribution is 0.201. The second-order valence-electron chi connectivity index (χ2n) is 5.99. The van der Waals surface area contributed by atoms with Crippen LogP contribution in [0.4, 0.5) is 5.69 Å². The van der Waals surface area contributed by atoms with Crippen LogP contribution >= 0.6 is 0 Å². The molecule has 0 radical (unpaired) electrons. The highest BCUT2D eigenvalue weighted by atomic mass is 16.5. The highest BCUT2D eigenvalue weighted by molar-refractivity contribution is 5.57. The zero-order valence-corrected chi connectivity index (χ0v) is 12.9. The Labute approximate surface area is 127 Å². The van der Waals surface area contributed by atoms with Gasteiger partial charge in [-0.25, -0.2) is 0 Å². The van der Waals surface area contributed by atoms with Crippen LogP contribution in [0.25, 0.3) is 0 Å². The summed E-state index contributed by atoms with van der Waals surface area (Å²) in [6.45, 7) is 0. The molecule has 0 unspecified atom stereocenters. The van der Waals surface area contributed by atoms with E-state index >= 15 is 0 Å². The molecule has 0 saturated heterocycles. The monoisotopic (exact) mass is 287 g/mol. The van der Waals surface area contributed by atoms with Crippen molar-refractivity contribution >= 4 is 5.69 Å². The molecule has 0 aromatic heterocycles. The highest BCUT2D eigenvalue weighted by Crippen LogP contribution is 2.34. The van der Waals surface area contributed by atoms with Gasteiger partial charge in [0.25, 0.3) is 0 Å². The van der Waals surface area contributed by atoms with Gasteiger partial charge in [0.05, 0.1) is 13.2 Å². The maximum absolute atomic E-state index is 6.14. The van der Waals surface area contributed by atoms with E-state index in [2.05, 4.69) is 23.5 Å². The van der Waals surface area contributed by atoms with E-state index in [0.717, 1.165) is 36.4 Å². The molecule has 0 atom stereocenters. The first-order valence-electron chi connectivity index (χ1n) is 8.16. The molecule has 1 saturated carbocycles. The molecule has 2 aliphatic carbocycles. The van der Waals surface area contributed by atoms with Gasteiger partial charge in [-0.2, -0.15) is 0 Å². The lowest BCUT2D eigenvalue weighted by atomic mass is 10.0. The third kappa shape index (κ3) is 3.72. The summed E-state index contributed by atoms with van der Waals surface area (Å²) < 4.78 is 11.6. The van der Waals surface area contributed by atoms with Crippen molar-refractivity contribution in [3.8, 4) is 11.5 Å². The van der Waals surface area contributed by atoms with E-state index in [9.17, 15) is 0 Å². The first-order valence-corrected chi connectivity index (χ1v) is 8.16. The van der Waals surface area contributed by atoms with Crippen molar-refractivity contribution in [2.75, 3.05) is 12.4 Å². The minimum absolute atomic E-state index is 0.350. The highest BCUT2D eigenvalue weighted by Gasteiger charge is 2.18. The quantitative estimate of drug-likeness (QED) is 0.836. The Morgan fingerprint density at radius 3 is 2.62 bits per heavy atom. The zero-order chi connectivity index (χ0) is 14.5. The normalized spacial score (nSPS) is 19.2. The molecule has 114 valence electrons. The molecule has 3 nitrogen and oxygen atoms in total. The Kier molecular flexibility index (Phi) is 4.69. The van der Waals surface area contributed by atoms with Gasteiger partial charge in [0.15, 0.2) is 11.5 Å². The summed E-state index contributed by atoms with van der Waals surface area (Å²) in [6.07, 6.45) is 12.4. The van der Waals surface area contributed by atoms with Gasteiger partial charge < -0.3 is 14.8 Å². The van der Waals surface area contributed by atoms with Gasteiger partial charge in [-0.15, -0.1) is 0 Å². The fraction of sp³-hybridized carbons (Fsp3) is 0.556. The van der Waals surface area contributed by atoms with Gasteiger partial charge in [0.2, 0.25) is 0 Å². The minimum atomic E-state index is 0.350. The van der Waals surface area contributed by atoms with Crippen LogP contribution in [0.1, 0.15) is 51.4 Å². The number of benzene rings is 1. The Hall–Kier alpha value is -1.64. The molecule has 0 amide bonds. The summed E-state index contributed by atoms with van der Waals surface area (Å²) in [4.78, 5) is 0. The minimum Gasteiger partial charge on any atom is -0.493 e. The lowest BCUT2D eigenvalue weighted by Crippen LogP contribution is -2.12. The van der Waals surface area contributed by atoms with Crippen molar-refractivity contribution in [2.24, 2.45) is 0 Å². The molecule has 1 aromatic rings. The second kappa shape index (κ2) is 6.88. The molecule has 2 aliphatic rings. The number of methoxy groups -OCH3 is 1. The average Bonchev–Trinajstić information content (AvgIpc) is 3.02. The van der Waals surface area contributed by atoms with Gasteiger partial charge >= 0.3 is 0 Å². The molecule has 0 heterocycles. The molecule has 1 fully saturated rings. The summed E-state index contributed by atoms with van der Waals surface area (Å²) in [5.41, 5.74) is 2.43. The molecular weight excluding hydrogens is 262 g/mol. The number of anilines is 1. The predicted molar refractivity (Wildman–Crippen MR) is 86.1 cm³/mol. The van der Waals surface area contributed by atoms with E-state index in [1.165, 1.54) is 37.8 Å². The van der Waals surface area contributed by atoms with Crippen LogP contribution in [0.2, 0.25) is 0 Å². The molecule has 1 aromatic carbocycles. The summed E-state index contributed by atoms with van der Waals surface area (Å²) in [7, 11) is 1.70. The van der Waals surface area contributed by atoms with E-state index in [-0.39, 0.29) is 0 Å². The van der Waals surface area contributed by atoms with Gasteiger partial charge in [-0.1, -0.05) is 6.08 Å². The SMILES string of the molecule is COc1ccc(NC2=CCCCC2)cc1OC1CCCC1. The maximum atomic E-state index is 6.14. The van der Waals surface area contributed by atoms with Crippen LogP contribution in [0.15, 0.2) is 30.0 Å². The van der Waals surface area contributed by atoms with Gasteiger partial charge in [0, 0.05) is 17.5 Å². The molecule has 21 heavy (non-hydrogen) atoms. The smallest absolute Gasteiger partial charge is 0.163 e. The third-order valence-corrected chi connectivity index (χ3v) is 4.36. The van der Waals surface area contributed by atoms with Crippen molar-refractivity contribution in [1.29, 1.82) is 0 Å². The molecule has 1 N–H and O–H groups in total. The van der Waals surface area contributed by atoms with Crippen LogP contribution in [0.5, 0.6) is 11.5 Å². The molecule has 0 bridgehead atoms. The number of ether oxygens (including phenoxy) is 2. The van der Waals surface area contributed by atoms with E-state index in [1.54, 1.807) is 7.11 Å². The Bertz CT molecular complexity index is 504. The van der Waals surface area contributed by atoms with Crippen LogP contribution in [0.3, 0.4) is 0 Å². The first-order chi connectivity index (χ1) is 10.3. The van der Waals surface area contributed by atoms with Crippen LogP contribution in [-0.2, 0) is 0 Å². The molecule has 3 heteroatoms. The third-order valence-electron chi connectivity index (χ3n) is 4.36. The van der Waals surface area contributed by atoms with Crippen LogP contribution in [0, 0.1) is 0 Å². The number of rotatable bonds is 5. The number of hydrogen-bond acceptors (Lipinski definition) is 3. The summed E-state index contributed by atoms with van der Waals surface area (Å²) in [6, 6.07) is 6.14. The number of allylic oxidation sites excluding steroid dienone is 2. The van der Waals surface area contributed by atoms with Gasteiger partial charge in [-0.05, 0) is 63.5 Å². The number of nitrogens with one attached hydrogen (secondary N) is 1. The molecule has 3 rings (SSSR count). The summed E-state index contributed by atoms with van der Waals surface area (Å²) >= 11 is 0. The zero-order valence-electron chi connectivity index (χ0n) is 12.9. The van der Waals surface area contributed by atoms with Crippen molar-refractivity contribution in [1.82, 2.24) is 0 Å². The second-order valence-corrected chi connectivity index (χ2v) is 5.99. The lowest BCUT2D eigenvalue weighted by Gasteiger charge is -2.19. The van der Waals surface area contributed by atoms with Crippen LogP contribution in [-0.4, -0.2) is 13.2 Å². The van der Waals surface area contributed by atoms with Crippen molar-refractivity contribution in [2.45, 2.75) is 57.5 Å². The Balaban J connectivity index is 1.73. The molecule has 0 spiro atoms. The summed E-state index contributed by atoms with van der Waals surface area (Å²) in [5, 5.41) is 3.52. The van der Waals surface area contributed by atoms with E-state index in [0.29, 0.717) is 6.10 Å². The topological polar surface area (TPSA) is 30.5 Å². The van der Waals surface area contributed by atoms with E-state index < -0.39 is 0 Å². The molecular formula is C18H25NO2. The largest absolute Gasteiger partial charge is 0.493 e. The van der Waals surface area contributed by atoms with Crippen molar-refractivity contribution < 1.29 is 9.47 Å². The standard InChI is InChI=1S/C18H25NO2/c1-20-17-12-11-15(19-14-7-3-2-4-8-14)13-18(17)21-16-9-5-6-10-16/h7,11-13,16,19H,2-6,8-10H2,1H3. The predicted octanol–water partition coefficient (Wildman–Crippen LogP) is 4.89. The summed E-state index contributed by atoms with van der Waals surface area (Å²) in [5.74, 6) is 1.69. The number of hydrogen-bond donors (Lipinski definition) is 1.